The highest BCUT2D eigenvalue weighted by Crippen LogP contribution is 2.29. The van der Waals surface area contributed by atoms with Crippen LogP contribution in [0.25, 0.3) is 11.4 Å². The van der Waals surface area contributed by atoms with E-state index in [1.807, 2.05) is 48.5 Å². The zero-order valence-electron chi connectivity index (χ0n) is 16.1. The Balaban J connectivity index is 1.60. The lowest BCUT2D eigenvalue weighted by molar-refractivity contribution is 0.0706. The number of thiophene rings is 1. The number of amides is 1. The number of carbonyl (C=O) groups excluding carboxylic acids is 1. The van der Waals surface area contributed by atoms with Crippen molar-refractivity contribution in [2.45, 2.75) is 25.7 Å². The van der Waals surface area contributed by atoms with Crippen molar-refractivity contribution in [2.75, 3.05) is 25.5 Å². The highest BCUT2D eigenvalue weighted by Gasteiger charge is 2.27. The lowest BCUT2D eigenvalue weighted by atomic mass is 9.94. The third-order valence-corrected chi connectivity index (χ3v) is 5.89. The van der Waals surface area contributed by atoms with Gasteiger partial charge in [0.25, 0.3) is 5.91 Å². The predicted octanol–water partition coefficient (Wildman–Crippen LogP) is 3.97. The van der Waals surface area contributed by atoms with E-state index in [4.69, 9.17) is 4.98 Å². The molecule has 3 aromatic heterocycles. The largest absolute Gasteiger partial charge is 0.373 e. The Morgan fingerprint density at radius 1 is 1.32 bits per heavy atom. The van der Waals surface area contributed by atoms with Crippen molar-refractivity contribution in [3.63, 3.8) is 0 Å². The number of aromatic nitrogens is 3. The van der Waals surface area contributed by atoms with Crippen molar-refractivity contribution in [1.29, 1.82) is 0 Å². The summed E-state index contributed by atoms with van der Waals surface area (Å²) in [5, 5.41) is 5.08. The normalized spacial score (nSPS) is 16.8. The molecule has 4 rings (SSSR count). The van der Waals surface area contributed by atoms with E-state index in [1.54, 1.807) is 23.7 Å². The molecular formula is C21H23N5OS. The Hall–Kier alpha value is -2.80. The molecule has 4 heterocycles. The number of nitrogens with zero attached hydrogens (tertiary/aromatic N) is 4. The van der Waals surface area contributed by atoms with Gasteiger partial charge >= 0.3 is 0 Å². The predicted molar refractivity (Wildman–Crippen MR) is 112 cm³/mol. The average molecular weight is 394 g/mol. The molecular weight excluding hydrogens is 370 g/mol. The number of hydrogen-bond acceptors (Lipinski definition) is 6. The Morgan fingerprint density at radius 3 is 2.93 bits per heavy atom. The van der Waals surface area contributed by atoms with Crippen LogP contribution in [0.5, 0.6) is 0 Å². The minimum atomic E-state index is 0.115. The van der Waals surface area contributed by atoms with Gasteiger partial charge < -0.3 is 10.2 Å². The van der Waals surface area contributed by atoms with Gasteiger partial charge in [-0.3, -0.25) is 9.78 Å². The van der Waals surface area contributed by atoms with Crippen LogP contribution in [0, 0.1) is 6.92 Å². The number of piperidine rings is 1. The van der Waals surface area contributed by atoms with Gasteiger partial charge in [0, 0.05) is 60.3 Å². The van der Waals surface area contributed by atoms with Gasteiger partial charge in [-0.15, -0.1) is 11.3 Å². The minimum Gasteiger partial charge on any atom is -0.373 e. The van der Waals surface area contributed by atoms with Crippen molar-refractivity contribution >= 4 is 23.1 Å². The first kappa shape index (κ1) is 18.6. The van der Waals surface area contributed by atoms with E-state index in [9.17, 15) is 4.79 Å². The van der Waals surface area contributed by atoms with Crippen LogP contribution in [0.15, 0.2) is 42.0 Å². The molecule has 1 atom stereocenters. The summed E-state index contributed by atoms with van der Waals surface area (Å²) in [4.78, 5) is 29.6. The van der Waals surface area contributed by atoms with E-state index in [1.165, 1.54) is 0 Å². The second-order valence-corrected chi connectivity index (χ2v) is 8.15. The topological polar surface area (TPSA) is 71.0 Å². The van der Waals surface area contributed by atoms with Crippen molar-refractivity contribution in [3.8, 4) is 11.4 Å². The zero-order chi connectivity index (χ0) is 19.5. The summed E-state index contributed by atoms with van der Waals surface area (Å²) < 4.78 is 0. The fourth-order valence-corrected chi connectivity index (χ4v) is 4.25. The molecule has 6 nitrogen and oxygen atoms in total. The highest BCUT2D eigenvalue weighted by atomic mass is 32.1. The summed E-state index contributed by atoms with van der Waals surface area (Å²) in [6.45, 7) is 3.50. The van der Waals surface area contributed by atoms with Crippen LogP contribution in [-0.2, 0) is 0 Å². The maximum atomic E-state index is 12.9. The number of likely N-dealkylation sites (tertiary alicyclic amines) is 1. The number of rotatable bonds is 4. The lowest BCUT2D eigenvalue weighted by Crippen LogP contribution is -2.39. The second-order valence-electron chi connectivity index (χ2n) is 7.03. The molecule has 0 aromatic carbocycles. The number of hydrogen-bond donors (Lipinski definition) is 1. The molecule has 0 saturated carbocycles. The Kier molecular flexibility index (Phi) is 5.34. The quantitative estimate of drug-likeness (QED) is 0.726. The first-order chi connectivity index (χ1) is 13.6. The number of pyridine rings is 1. The van der Waals surface area contributed by atoms with E-state index >= 15 is 0 Å². The molecule has 0 spiro atoms. The first-order valence-corrected chi connectivity index (χ1v) is 10.3. The van der Waals surface area contributed by atoms with Crippen LogP contribution in [0.2, 0.25) is 0 Å². The van der Waals surface area contributed by atoms with Crippen molar-refractivity contribution in [1.82, 2.24) is 19.9 Å². The molecule has 0 aliphatic carbocycles. The van der Waals surface area contributed by atoms with Gasteiger partial charge in [0.1, 0.15) is 5.82 Å². The SMILES string of the molecule is CNc1cc([C@@H]2CCCN(C(=O)c3csc(C)c3)C2)nc(-c2cccnc2)n1. The number of nitrogens with one attached hydrogen (secondary N) is 1. The van der Waals surface area contributed by atoms with Crippen molar-refractivity contribution in [3.05, 3.63) is 58.2 Å². The molecule has 1 fully saturated rings. The van der Waals surface area contributed by atoms with E-state index in [0.29, 0.717) is 12.4 Å². The van der Waals surface area contributed by atoms with Gasteiger partial charge in [-0.1, -0.05) is 0 Å². The second kappa shape index (κ2) is 8.06. The number of carbonyl (C=O) groups is 1. The maximum Gasteiger partial charge on any atom is 0.254 e. The van der Waals surface area contributed by atoms with Crippen LogP contribution in [0.3, 0.4) is 0 Å². The van der Waals surface area contributed by atoms with Crippen LogP contribution < -0.4 is 5.32 Å². The molecule has 1 N–H and O–H groups in total. The molecule has 1 saturated heterocycles. The van der Waals surface area contributed by atoms with Gasteiger partial charge in [0.2, 0.25) is 0 Å². The third-order valence-electron chi connectivity index (χ3n) is 5.03. The zero-order valence-corrected chi connectivity index (χ0v) is 16.9. The molecule has 1 aliphatic heterocycles. The molecule has 7 heteroatoms. The van der Waals surface area contributed by atoms with E-state index in [0.717, 1.165) is 46.9 Å². The Morgan fingerprint density at radius 2 is 2.21 bits per heavy atom. The Bertz CT molecular complexity index is 972. The summed E-state index contributed by atoms with van der Waals surface area (Å²) in [6, 6.07) is 7.81. The first-order valence-electron chi connectivity index (χ1n) is 9.45. The van der Waals surface area contributed by atoms with Gasteiger partial charge in [0.05, 0.1) is 11.3 Å². The lowest BCUT2D eigenvalue weighted by Gasteiger charge is -2.32. The van der Waals surface area contributed by atoms with Crippen LogP contribution >= 0.6 is 11.3 Å². The van der Waals surface area contributed by atoms with Gasteiger partial charge in [0.15, 0.2) is 5.82 Å². The van der Waals surface area contributed by atoms with Crippen molar-refractivity contribution < 1.29 is 4.79 Å². The van der Waals surface area contributed by atoms with E-state index < -0.39 is 0 Å². The van der Waals surface area contributed by atoms with E-state index in [2.05, 4.69) is 15.3 Å². The smallest absolute Gasteiger partial charge is 0.254 e. The standard InChI is InChI=1S/C21H23N5OS/c1-14-9-17(13-28-14)21(27)26-8-4-6-16(12-26)18-10-19(22-2)25-20(24-18)15-5-3-7-23-11-15/h3,5,7,9-11,13,16H,4,6,8,12H2,1-2H3,(H,22,24,25)/t16-/m1/s1. The van der Waals surface area contributed by atoms with Gasteiger partial charge in [-0.2, -0.15) is 0 Å². The summed E-state index contributed by atoms with van der Waals surface area (Å²) in [6.07, 6.45) is 5.50. The molecule has 1 aliphatic rings. The molecule has 28 heavy (non-hydrogen) atoms. The highest BCUT2D eigenvalue weighted by molar-refractivity contribution is 7.10. The minimum absolute atomic E-state index is 0.115. The molecule has 1 amide bonds. The molecule has 0 radical (unpaired) electrons. The van der Waals surface area contributed by atoms with Crippen LogP contribution in [0.1, 0.15) is 39.7 Å². The van der Waals surface area contributed by atoms with Gasteiger partial charge in [-0.05, 0) is 38.0 Å². The van der Waals surface area contributed by atoms with Crippen LogP contribution in [0.4, 0.5) is 5.82 Å². The number of anilines is 1. The fraction of sp³-hybridized carbons (Fsp3) is 0.333. The summed E-state index contributed by atoms with van der Waals surface area (Å²) in [5.41, 5.74) is 2.65. The van der Waals surface area contributed by atoms with Crippen molar-refractivity contribution in [2.24, 2.45) is 0 Å². The molecule has 0 bridgehead atoms. The van der Waals surface area contributed by atoms with Gasteiger partial charge in [-0.25, -0.2) is 9.97 Å². The monoisotopic (exact) mass is 393 g/mol. The fourth-order valence-electron chi connectivity index (χ4n) is 3.57. The summed E-state index contributed by atoms with van der Waals surface area (Å²) in [7, 11) is 1.86. The Labute approximate surface area is 168 Å². The average Bonchev–Trinajstić information content (AvgIpc) is 3.20. The maximum absolute atomic E-state index is 12.9. The third kappa shape index (κ3) is 3.89. The van der Waals surface area contributed by atoms with E-state index in [-0.39, 0.29) is 11.8 Å². The summed E-state index contributed by atoms with van der Waals surface area (Å²) >= 11 is 1.62. The molecule has 144 valence electrons. The van der Waals surface area contributed by atoms with Crippen LogP contribution in [-0.4, -0.2) is 45.9 Å². The molecule has 3 aromatic rings. The molecule has 0 unspecified atom stereocenters. The summed E-state index contributed by atoms with van der Waals surface area (Å²) in [5.74, 6) is 1.75. The number of aryl methyl sites for hydroxylation is 1.